The lowest BCUT2D eigenvalue weighted by atomic mass is 10.0. The Hall–Kier alpha value is -2.20. The lowest BCUT2D eigenvalue weighted by molar-refractivity contribution is 0.340. The average molecular weight is 374 g/mol. The maximum atomic E-state index is 5.80. The van der Waals surface area contributed by atoms with E-state index in [2.05, 4.69) is 36.0 Å². The summed E-state index contributed by atoms with van der Waals surface area (Å²) < 4.78 is 5.80. The van der Waals surface area contributed by atoms with Crippen LogP contribution in [-0.4, -0.2) is 22.3 Å². The van der Waals surface area contributed by atoms with Crippen molar-refractivity contribution >= 4 is 24.2 Å². The van der Waals surface area contributed by atoms with Crippen molar-refractivity contribution in [1.82, 2.24) is 9.97 Å². The molecule has 4 nitrogen and oxygen atoms in total. The molecule has 0 bridgehead atoms. The van der Waals surface area contributed by atoms with Gasteiger partial charge in [-0.05, 0) is 56.5 Å². The molecule has 1 aliphatic rings. The summed E-state index contributed by atoms with van der Waals surface area (Å²) in [7, 11) is 0. The Morgan fingerprint density at radius 2 is 2.04 bits per heavy atom. The SMILES string of the molecule is CCCCCC1=CC(=Cc2[nH]c(-c3ccc[nH]3)cc2OCC)N=C1C.Cl. The number of nitrogens with zero attached hydrogens (tertiary/aromatic N) is 1. The van der Waals surface area contributed by atoms with Crippen molar-refractivity contribution in [3.63, 3.8) is 0 Å². The molecule has 3 rings (SSSR count). The molecule has 0 aliphatic carbocycles. The third kappa shape index (κ3) is 4.70. The maximum absolute atomic E-state index is 5.80. The van der Waals surface area contributed by atoms with Crippen LogP contribution in [-0.2, 0) is 0 Å². The fourth-order valence-electron chi connectivity index (χ4n) is 3.10. The first-order chi connectivity index (χ1) is 12.2. The van der Waals surface area contributed by atoms with Gasteiger partial charge >= 0.3 is 0 Å². The Bertz CT molecular complexity index is 797. The second kappa shape index (κ2) is 9.48. The molecular weight excluding hydrogens is 346 g/mol. The Morgan fingerprint density at radius 1 is 1.19 bits per heavy atom. The van der Waals surface area contributed by atoms with Gasteiger partial charge in [0.25, 0.3) is 0 Å². The molecule has 1 aliphatic heterocycles. The van der Waals surface area contributed by atoms with E-state index in [0.29, 0.717) is 6.61 Å². The van der Waals surface area contributed by atoms with Gasteiger partial charge in [-0.2, -0.15) is 0 Å². The molecule has 0 amide bonds. The first-order valence-electron chi connectivity index (χ1n) is 9.18. The second-order valence-corrected chi connectivity index (χ2v) is 6.37. The molecule has 2 aromatic heterocycles. The van der Waals surface area contributed by atoms with Gasteiger partial charge in [-0.1, -0.05) is 19.8 Å². The first-order valence-corrected chi connectivity index (χ1v) is 9.18. The highest BCUT2D eigenvalue weighted by molar-refractivity contribution is 6.02. The van der Waals surface area contributed by atoms with Gasteiger partial charge in [-0.15, -0.1) is 12.4 Å². The number of halogens is 1. The summed E-state index contributed by atoms with van der Waals surface area (Å²) in [5.41, 5.74) is 6.51. The zero-order chi connectivity index (χ0) is 17.6. The van der Waals surface area contributed by atoms with Crippen LogP contribution < -0.4 is 4.74 Å². The number of aromatic nitrogens is 2. The molecule has 2 N–H and O–H groups in total. The summed E-state index contributed by atoms with van der Waals surface area (Å²) in [6, 6.07) is 6.08. The molecule has 0 atom stereocenters. The van der Waals surface area contributed by atoms with Crippen LogP contribution in [0.15, 0.2) is 46.7 Å². The van der Waals surface area contributed by atoms with E-state index in [9.17, 15) is 0 Å². The Kier molecular flexibility index (Phi) is 7.34. The molecule has 5 heteroatoms. The van der Waals surface area contributed by atoms with Crippen molar-refractivity contribution in [2.75, 3.05) is 6.61 Å². The lowest BCUT2D eigenvalue weighted by Crippen LogP contribution is -1.92. The number of ether oxygens (including phenoxy) is 1. The third-order valence-electron chi connectivity index (χ3n) is 4.42. The highest BCUT2D eigenvalue weighted by Crippen LogP contribution is 2.30. The molecule has 26 heavy (non-hydrogen) atoms. The van der Waals surface area contributed by atoms with Crippen LogP contribution in [0.2, 0.25) is 0 Å². The number of allylic oxidation sites excluding steroid dienone is 2. The summed E-state index contributed by atoms with van der Waals surface area (Å²) in [5, 5.41) is 0. The molecule has 0 saturated carbocycles. The summed E-state index contributed by atoms with van der Waals surface area (Å²) in [5.74, 6) is 0.861. The molecule has 140 valence electrons. The number of rotatable bonds is 8. The number of aromatic amines is 2. The van der Waals surface area contributed by atoms with Gasteiger partial charge < -0.3 is 14.7 Å². The van der Waals surface area contributed by atoms with E-state index in [1.54, 1.807) is 0 Å². The molecule has 0 aromatic carbocycles. The molecule has 2 aromatic rings. The molecule has 0 fully saturated rings. The van der Waals surface area contributed by atoms with Crippen LogP contribution in [0.3, 0.4) is 0 Å². The van der Waals surface area contributed by atoms with Gasteiger partial charge in [-0.3, -0.25) is 4.99 Å². The van der Waals surface area contributed by atoms with Gasteiger partial charge in [-0.25, -0.2) is 0 Å². The van der Waals surface area contributed by atoms with E-state index in [4.69, 9.17) is 9.73 Å². The van der Waals surface area contributed by atoms with Crippen LogP contribution in [0.5, 0.6) is 5.75 Å². The quantitative estimate of drug-likeness (QED) is 0.535. The highest BCUT2D eigenvalue weighted by Gasteiger charge is 2.14. The second-order valence-electron chi connectivity index (χ2n) is 6.37. The predicted octanol–water partition coefficient (Wildman–Crippen LogP) is 6.15. The Balaban J connectivity index is 0.00000243. The van der Waals surface area contributed by atoms with E-state index in [-0.39, 0.29) is 12.4 Å². The smallest absolute Gasteiger partial charge is 0.144 e. The zero-order valence-corrected chi connectivity index (χ0v) is 16.6. The number of hydrogen-bond donors (Lipinski definition) is 2. The number of aliphatic imine (C=N–C) groups is 1. The number of H-pyrrole nitrogens is 2. The molecule has 0 radical (unpaired) electrons. The molecule has 3 heterocycles. The largest absolute Gasteiger partial charge is 0.492 e. The van der Waals surface area contributed by atoms with Crippen LogP contribution >= 0.6 is 12.4 Å². The van der Waals surface area contributed by atoms with E-state index in [0.717, 1.165) is 40.7 Å². The van der Waals surface area contributed by atoms with Crippen LogP contribution in [0.4, 0.5) is 0 Å². The number of hydrogen-bond acceptors (Lipinski definition) is 2. The topological polar surface area (TPSA) is 53.2 Å². The van der Waals surface area contributed by atoms with Gasteiger partial charge in [0.2, 0.25) is 0 Å². The normalized spacial score (nSPS) is 15.0. The van der Waals surface area contributed by atoms with Crippen molar-refractivity contribution in [2.45, 2.75) is 46.5 Å². The minimum Gasteiger partial charge on any atom is -0.492 e. The third-order valence-corrected chi connectivity index (χ3v) is 4.42. The van der Waals surface area contributed by atoms with Crippen molar-refractivity contribution in [3.05, 3.63) is 47.4 Å². The number of unbranched alkanes of at least 4 members (excludes halogenated alkanes) is 2. The standard InChI is InChI=1S/C21H27N3O.ClH/c1-4-6-7-9-16-12-17(23-15(16)3)13-20-21(25-5-2)14-19(24-20)18-10-8-11-22-18;/h8,10-14,22,24H,4-7,9H2,1-3H3;1H. The summed E-state index contributed by atoms with van der Waals surface area (Å²) >= 11 is 0. The van der Waals surface area contributed by atoms with Crippen molar-refractivity contribution in [2.24, 2.45) is 4.99 Å². The lowest BCUT2D eigenvalue weighted by Gasteiger charge is -2.00. The molecule has 0 saturated heterocycles. The summed E-state index contributed by atoms with van der Waals surface area (Å²) in [6.45, 7) is 6.97. The highest BCUT2D eigenvalue weighted by atomic mass is 35.5. The maximum Gasteiger partial charge on any atom is 0.144 e. The molecule has 0 unspecified atom stereocenters. The van der Waals surface area contributed by atoms with E-state index in [1.807, 2.05) is 31.3 Å². The van der Waals surface area contributed by atoms with Crippen LogP contribution in [0.25, 0.3) is 17.5 Å². The first kappa shape index (κ1) is 20.1. The van der Waals surface area contributed by atoms with Gasteiger partial charge in [0.15, 0.2) is 0 Å². The van der Waals surface area contributed by atoms with Crippen LogP contribution in [0, 0.1) is 0 Å². The van der Waals surface area contributed by atoms with Gasteiger partial charge in [0.05, 0.1) is 29.4 Å². The Labute approximate surface area is 161 Å². The fourth-order valence-corrected chi connectivity index (χ4v) is 3.10. The van der Waals surface area contributed by atoms with E-state index in [1.165, 1.54) is 24.8 Å². The van der Waals surface area contributed by atoms with Crippen molar-refractivity contribution in [1.29, 1.82) is 0 Å². The molecular formula is C21H28ClN3O. The van der Waals surface area contributed by atoms with E-state index >= 15 is 0 Å². The van der Waals surface area contributed by atoms with E-state index < -0.39 is 0 Å². The molecule has 0 spiro atoms. The Morgan fingerprint density at radius 3 is 2.73 bits per heavy atom. The zero-order valence-electron chi connectivity index (χ0n) is 15.8. The van der Waals surface area contributed by atoms with Gasteiger partial charge in [0.1, 0.15) is 5.75 Å². The number of nitrogens with one attached hydrogen (secondary N) is 2. The predicted molar refractivity (Wildman–Crippen MR) is 112 cm³/mol. The van der Waals surface area contributed by atoms with Gasteiger partial charge in [0, 0.05) is 18.0 Å². The average Bonchev–Trinajstić information content (AvgIpc) is 3.30. The van der Waals surface area contributed by atoms with Crippen molar-refractivity contribution < 1.29 is 4.74 Å². The summed E-state index contributed by atoms with van der Waals surface area (Å²) in [6.07, 6.45) is 11.1. The summed E-state index contributed by atoms with van der Waals surface area (Å²) in [4.78, 5) is 11.4. The minimum atomic E-state index is 0. The van der Waals surface area contributed by atoms with Crippen molar-refractivity contribution in [3.8, 4) is 17.1 Å². The minimum absolute atomic E-state index is 0. The van der Waals surface area contributed by atoms with Crippen LogP contribution in [0.1, 0.15) is 52.1 Å². The monoisotopic (exact) mass is 373 g/mol. The fraction of sp³-hybridized carbons (Fsp3) is 0.381.